The maximum atomic E-state index is 11.3. The third kappa shape index (κ3) is 0.880. The highest BCUT2D eigenvalue weighted by Crippen LogP contribution is 2.34. The van der Waals surface area contributed by atoms with Gasteiger partial charge in [0.1, 0.15) is 0 Å². The summed E-state index contributed by atoms with van der Waals surface area (Å²) in [6, 6.07) is 0. The molecule has 14 heavy (non-hydrogen) atoms. The summed E-state index contributed by atoms with van der Waals surface area (Å²) in [6.07, 6.45) is 9.31. The highest BCUT2D eigenvalue weighted by Gasteiger charge is 2.41. The van der Waals surface area contributed by atoms with Gasteiger partial charge < -0.3 is 9.88 Å². The number of hydrogen-bond acceptors (Lipinski definition) is 2. The number of hydrogen-bond donors (Lipinski definition) is 1. The summed E-state index contributed by atoms with van der Waals surface area (Å²) in [6.45, 7) is 0.722. The number of imidazole rings is 1. The van der Waals surface area contributed by atoms with Crippen LogP contribution >= 0.6 is 0 Å². The molecule has 72 valence electrons. The Balaban J connectivity index is 2.11. The van der Waals surface area contributed by atoms with Gasteiger partial charge in [-0.05, 0) is 12.5 Å². The average molecular weight is 189 g/mol. The van der Waals surface area contributed by atoms with Crippen LogP contribution in [0.4, 0.5) is 0 Å². The van der Waals surface area contributed by atoms with Gasteiger partial charge in [-0.2, -0.15) is 0 Å². The van der Waals surface area contributed by atoms with Crippen LogP contribution in [0.5, 0.6) is 0 Å². The molecule has 2 aliphatic rings. The number of aromatic nitrogens is 2. The fraction of sp³-hybridized carbons (Fsp3) is 0.400. The molecule has 3 heterocycles. The molecule has 0 saturated carbocycles. The molecule has 1 saturated heterocycles. The van der Waals surface area contributed by atoms with Gasteiger partial charge in [0.25, 0.3) is 0 Å². The normalized spacial score (nSPS) is 29.3. The number of amides is 1. The monoisotopic (exact) mass is 189 g/mol. The fourth-order valence-electron chi connectivity index (χ4n) is 2.32. The van der Waals surface area contributed by atoms with Crippen molar-refractivity contribution >= 4 is 12.0 Å². The summed E-state index contributed by atoms with van der Waals surface area (Å²) in [4.78, 5) is 15.4. The first-order valence-electron chi connectivity index (χ1n) is 4.76. The zero-order valence-electron chi connectivity index (χ0n) is 7.73. The summed E-state index contributed by atoms with van der Waals surface area (Å²) in [5.41, 5.74) is 1.00. The van der Waals surface area contributed by atoms with E-state index in [1.807, 2.05) is 12.5 Å². The first kappa shape index (κ1) is 7.79. The van der Waals surface area contributed by atoms with E-state index in [1.54, 1.807) is 0 Å². The fourth-order valence-corrected chi connectivity index (χ4v) is 2.32. The zero-order chi connectivity index (χ0) is 9.60. The Morgan fingerprint density at radius 2 is 2.50 bits per heavy atom. The van der Waals surface area contributed by atoms with Crippen molar-refractivity contribution in [1.29, 1.82) is 0 Å². The molecule has 1 N–H and O–H groups in total. The second-order valence-electron chi connectivity index (χ2n) is 3.97. The summed E-state index contributed by atoms with van der Waals surface area (Å²) >= 11 is 0. The maximum absolute atomic E-state index is 11.3. The Morgan fingerprint density at radius 3 is 3.29 bits per heavy atom. The molecule has 4 nitrogen and oxygen atoms in total. The zero-order valence-corrected chi connectivity index (χ0v) is 7.73. The van der Waals surface area contributed by atoms with Crippen LogP contribution in [0.2, 0.25) is 0 Å². The SMILES string of the molecule is O=C1CC2(CC=Cc3cncn32)CN1. The lowest BCUT2D eigenvalue weighted by atomic mass is 9.91. The molecular weight excluding hydrogens is 178 g/mol. The van der Waals surface area contributed by atoms with Crippen LogP contribution in [0, 0.1) is 0 Å². The van der Waals surface area contributed by atoms with E-state index in [2.05, 4.69) is 27.0 Å². The molecule has 3 rings (SSSR count). The minimum atomic E-state index is -0.0856. The lowest BCUT2D eigenvalue weighted by Gasteiger charge is -2.31. The van der Waals surface area contributed by atoms with E-state index < -0.39 is 0 Å². The minimum Gasteiger partial charge on any atom is -0.354 e. The lowest BCUT2D eigenvalue weighted by molar-refractivity contribution is -0.119. The summed E-state index contributed by atoms with van der Waals surface area (Å²) < 4.78 is 2.12. The van der Waals surface area contributed by atoms with E-state index in [1.165, 1.54) is 0 Å². The van der Waals surface area contributed by atoms with Crippen molar-refractivity contribution in [3.05, 3.63) is 24.3 Å². The Labute approximate surface area is 81.6 Å². The Morgan fingerprint density at radius 1 is 1.57 bits per heavy atom. The predicted octanol–water partition coefficient (Wildman–Crippen LogP) is 0.515. The van der Waals surface area contributed by atoms with E-state index in [4.69, 9.17) is 0 Å². The molecule has 0 aromatic carbocycles. The summed E-state index contributed by atoms with van der Waals surface area (Å²) in [5, 5.41) is 2.89. The third-order valence-corrected chi connectivity index (χ3v) is 3.07. The van der Waals surface area contributed by atoms with Crippen molar-refractivity contribution in [2.24, 2.45) is 0 Å². The smallest absolute Gasteiger partial charge is 0.222 e. The van der Waals surface area contributed by atoms with Gasteiger partial charge in [0.15, 0.2) is 0 Å². The molecule has 2 aliphatic heterocycles. The van der Waals surface area contributed by atoms with Crippen LogP contribution in [0.3, 0.4) is 0 Å². The highest BCUT2D eigenvalue weighted by molar-refractivity contribution is 5.80. The standard InChI is InChI=1S/C10H11N3O/c14-9-4-10(6-12-9)3-1-2-8-5-11-7-13(8)10/h1-2,5,7H,3-4,6H2,(H,12,14). The molecule has 1 aromatic heterocycles. The Bertz CT molecular complexity index is 421. The van der Waals surface area contributed by atoms with Gasteiger partial charge in [0.05, 0.1) is 30.2 Å². The third-order valence-electron chi connectivity index (χ3n) is 3.07. The number of allylic oxidation sites excluding steroid dienone is 1. The van der Waals surface area contributed by atoms with Gasteiger partial charge in [-0.3, -0.25) is 4.79 Å². The number of rotatable bonds is 0. The van der Waals surface area contributed by atoms with Crippen LogP contribution in [0.25, 0.3) is 6.08 Å². The molecule has 1 aromatic rings. The largest absolute Gasteiger partial charge is 0.354 e. The van der Waals surface area contributed by atoms with Crippen molar-refractivity contribution in [2.45, 2.75) is 18.4 Å². The first-order chi connectivity index (χ1) is 6.80. The van der Waals surface area contributed by atoms with Crippen LogP contribution in [-0.2, 0) is 10.3 Å². The number of nitrogens with one attached hydrogen (secondary N) is 1. The maximum Gasteiger partial charge on any atom is 0.222 e. The van der Waals surface area contributed by atoms with Crippen molar-refractivity contribution in [3.8, 4) is 0 Å². The Hall–Kier alpha value is -1.58. The molecule has 1 atom stereocenters. The molecule has 4 heteroatoms. The van der Waals surface area contributed by atoms with Gasteiger partial charge in [-0.25, -0.2) is 4.98 Å². The Kier molecular flexibility index (Phi) is 1.37. The van der Waals surface area contributed by atoms with E-state index in [0.29, 0.717) is 6.42 Å². The molecule has 1 unspecified atom stereocenters. The molecule has 1 amide bonds. The number of carbonyl (C=O) groups excluding carboxylic acids is 1. The van der Waals surface area contributed by atoms with Crippen LogP contribution in [0.15, 0.2) is 18.6 Å². The molecule has 0 radical (unpaired) electrons. The molecular formula is C10H11N3O. The van der Waals surface area contributed by atoms with E-state index in [0.717, 1.165) is 18.7 Å². The minimum absolute atomic E-state index is 0.0856. The number of nitrogens with zero attached hydrogens (tertiary/aromatic N) is 2. The summed E-state index contributed by atoms with van der Waals surface area (Å²) in [5.74, 6) is 0.139. The van der Waals surface area contributed by atoms with Gasteiger partial charge in [-0.1, -0.05) is 6.08 Å². The number of fused-ring (bicyclic) bond motifs is 2. The van der Waals surface area contributed by atoms with Crippen molar-refractivity contribution < 1.29 is 4.79 Å². The van der Waals surface area contributed by atoms with Gasteiger partial charge in [0, 0.05) is 6.54 Å². The topological polar surface area (TPSA) is 46.9 Å². The van der Waals surface area contributed by atoms with Crippen molar-refractivity contribution in [2.75, 3.05) is 6.54 Å². The van der Waals surface area contributed by atoms with Crippen LogP contribution in [-0.4, -0.2) is 22.0 Å². The molecule has 0 aliphatic carbocycles. The van der Waals surface area contributed by atoms with Gasteiger partial charge >= 0.3 is 0 Å². The van der Waals surface area contributed by atoms with Crippen molar-refractivity contribution in [1.82, 2.24) is 14.9 Å². The van der Waals surface area contributed by atoms with E-state index >= 15 is 0 Å². The predicted molar refractivity (Wildman–Crippen MR) is 51.5 cm³/mol. The van der Waals surface area contributed by atoms with Crippen LogP contribution < -0.4 is 5.32 Å². The highest BCUT2D eigenvalue weighted by atomic mass is 16.2. The quantitative estimate of drug-likeness (QED) is 0.646. The van der Waals surface area contributed by atoms with Gasteiger partial charge in [-0.15, -0.1) is 0 Å². The second-order valence-corrected chi connectivity index (χ2v) is 3.97. The van der Waals surface area contributed by atoms with Gasteiger partial charge in [0.2, 0.25) is 5.91 Å². The molecule has 1 spiro atoms. The first-order valence-corrected chi connectivity index (χ1v) is 4.76. The lowest BCUT2D eigenvalue weighted by Crippen LogP contribution is -2.37. The number of carbonyl (C=O) groups is 1. The molecule has 1 fully saturated rings. The second kappa shape index (κ2) is 2.47. The van der Waals surface area contributed by atoms with Crippen LogP contribution in [0.1, 0.15) is 18.5 Å². The molecule has 0 bridgehead atoms. The summed E-state index contributed by atoms with van der Waals surface area (Å²) in [7, 11) is 0. The van der Waals surface area contributed by atoms with E-state index in [9.17, 15) is 4.79 Å². The van der Waals surface area contributed by atoms with Crippen molar-refractivity contribution in [3.63, 3.8) is 0 Å². The average Bonchev–Trinajstić information content (AvgIpc) is 2.75. The van der Waals surface area contributed by atoms with E-state index in [-0.39, 0.29) is 11.4 Å².